The molecular formula is C25H34N6O2. The highest BCUT2D eigenvalue weighted by Crippen LogP contribution is 2.23. The third-order valence-corrected chi connectivity index (χ3v) is 6.29. The number of carbonyl (C=O) groups is 1. The number of nitrogens with zero attached hydrogens (tertiary/aromatic N) is 5. The number of carbonyl (C=O) groups excluding carboxylic acids is 1. The topological polar surface area (TPSA) is 89.1 Å². The Morgan fingerprint density at radius 1 is 1.27 bits per heavy atom. The van der Waals surface area contributed by atoms with E-state index in [-0.39, 0.29) is 5.91 Å². The number of rotatable bonds is 9. The summed E-state index contributed by atoms with van der Waals surface area (Å²) in [7, 11) is 2.16. The van der Waals surface area contributed by atoms with Gasteiger partial charge in [-0.25, -0.2) is 4.68 Å². The first kappa shape index (κ1) is 23.2. The Morgan fingerprint density at radius 2 is 2.12 bits per heavy atom. The fraction of sp³-hybridized carbons (Fsp3) is 0.520. The van der Waals surface area contributed by atoms with Gasteiger partial charge in [0.25, 0.3) is 11.8 Å². The number of aryl methyl sites for hydroxylation is 2. The van der Waals surface area contributed by atoms with Gasteiger partial charge in [-0.15, -0.1) is 10.2 Å². The Kier molecular flexibility index (Phi) is 7.23. The Hall–Kier alpha value is -3.00. The molecule has 0 unspecified atom stereocenters. The quantitative estimate of drug-likeness (QED) is 0.529. The molecule has 1 amide bonds. The highest BCUT2D eigenvalue weighted by molar-refractivity contribution is 5.94. The van der Waals surface area contributed by atoms with Crippen LogP contribution in [0.2, 0.25) is 0 Å². The van der Waals surface area contributed by atoms with Crippen molar-refractivity contribution in [2.75, 3.05) is 20.1 Å². The summed E-state index contributed by atoms with van der Waals surface area (Å²) in [5, 5.41) is 15.9. The third-order valence-electron chi connectivity index (χ3n) is 6.29. The van der Waals surface area contributed by atoms with Gasteiger partial charge in [-0.3, -0.25) is 4.79 Å². The molecule has 1 atom stereocenters. The highest BCUT2D eigenvalue weighted by Gasteiger charge is 2.21. The standard InChI is InChI=1S/C25H34N6O2/c1-17(2)10-11-22-16-23(25-28-27-18(3)33-25)29-31(22)21-8-5-7-19(15-21)24(32)26-13-12-20-9-6-14-30(20)4/h5,7-8,15-17,20H,6,9-14H2,1-4H3,(H,26,32)/t20-/m0/s1. The zero-order valence-electron chi connectivity index (χ0n) is 20.0. The maximum atomic E-state index is 12.8. The van der Waals surface area contributed by atoms with Crippen LogP contribution in [0.1, 0.15) is 61.5 Å². The molecule has 1 aliphatic heterocycles. The summed E-state index contributed by atoms with van der Waals surface area (Å²) in [6.45, 7) is 8.00. The molecule has 0 saturated carbocycles. The number of benzene rings is 1. The summed E-state index contributed by atoms with van der Waals surface area (Å²) in [5.74, 6) is 1.42. The summed E-state index contributed by atoms with van der Waals surface area (Å²) >= 11 is 0. The molecule has 3 aromatic rings. The third kappa shape index (κ3) is 5.68. The van der Waals surface area contributed by atoms with E-state index < -0.39 is 0 Å². The van der Waals surface area contributed by atoms with Crippen LogP contribution in [0.25, 0.3) is 17.3 Å². The molecule has 4 rings (SSSR count). The summed E-state index contributed by atoms with van der Waals surface area (Å²) in [6.07, 6.45) is 5.33. The minimum Gasteiger partial charge on any atom is -0.420 e. The highest BCUT2D eigenvalue weighted by atomic mass is 16.4. The summed E-state index contributed by atoms with van der Waals surface area (Å²) in [5.41, 5.74) is 3.17. The molecule has 0 radical (unpaired) electrons. The zero-order valence-corrected chi connectivity index (χ0v) is 20.0. The molecule has 2 aromatic heterocycles. The number of likely N-dealkylation sites (tertiary alicyclic amines) is 1. The van der Waals surface area contributed by atoms with Gasteiger partial charge in [0, 0.05) is 30.8 Å². The Labute approximate surface area is 195 Å². The van der Waals surface area contributed by atoms with Gasteiger partial charge in [0.05, 0.1) is 5.69 Å². The van der Waals surface area contributed by atoms with Gasteiger partial charge in [0.15, 0.2) is 0 Å². The van der Waals surface area contributed by atoms with E-state index in [2.05, 4.69) is 41.3 Å². The maximum Gasteiger partial charge on any atom is 0.268 e. The smallest absolute Gasteiger partial charge is 0.268 e. The van der Waals surface area contributed by atoms with Crippen molar-refractivity contribution in [2.45, 2.75) is 58.9 Å². The predicted octanol–water partition coefficient (Wildman–Crippen LogP) is 4.03. The van der Waals surface area contributed by atoms with Crippen LogP contribution >= 0.6 is 0 Å². The van der Waals surface area contributed by atoms with Crippen LogP contribution in [0.4, 0.5) is 0 Å². The lowest BCUT2D eigenvalue weighted by Crippen LogP contribution is -2.31. The van der Waals surface area contributed by atoms with Crippen molar-refractivity contribution in [1.29, 1.82) is 0 Å². The van der Waals surface area contributed by atoms with E-state index in [0.717, 1.165) is 37.2 Å². The normalized spacial score (nSPS) is 16.6. The second kappa shape index (κ2) is 10.3. The minimum atomic E-state index is -0.0545. The average Bonchev–Trinajstić information content (AvgIpc) is 3.52. The van der Waals surface area contributed by atoms with Crippen molar-refractivity contribution in [2.24, 2.45) is 5.92 Å². The molecule has 1 fully saturated rings. The molecule has 1 saturated heterocycles. The van der Waals surface area contributed by atoms with Gasteiger partial charge in [-0.2, -0.15) is 5.10 Å². The van der Waals surface area contributed by atoms with E-state index in [4.69, 9.17) is 9.52 Å². The first-order valence-corrected chi connectivity index (χ1v) is 11.9. The number of nitrogens with one attached hydrogen (secondary N) is 1. The Balaban J connectivity index is 1.52. The molecule has 0 bridgehead atoms. The van der Waals surface area contributed by atoms with Crippen molar-refractivity contribution in [3.05, 3.63) is 47.5 Å². The van der Waals surface area contributed by atoms with Crippen LogP contribution in [0.3, 0.4) is 0 Å². The molecule has 3 heterocycles. The van der Waals surface area contributed by atoms with Gasteiger partial charge < -0.3 is 14.6 Å². The van der Waals surface area contributed by atoms with Crippen LogP contribution < -0.4 is 5.32 Å². The predicted molar refractivity (Wildman–Crippen MR) is 127 cm³/mol. The number of aromatic nitrogens is 4. The first-order chi connectivity index (χ1) is 15.9. The van der Waals surface area contributed by atoms with E-state index in [1.54, 1.807) is 6.92 Å². The van der Waals surface area contributed by atoms with Gasteiger partial charge in [0.1, 0.15) is 5.69 Å². The van der Waals surface area contributed by atoms with Crippen molar-refractivity contribution in [1.82, 2.24) is 30.2 Å². The van der Waals surface area contributed by atoms with Gasteiger partial charge in [-0.05, 0) is 75.9 Å². The largest absolute Gasteiger partial charge is 0.420 e. The van der Waals surface area contributed by atoms with Crippen molar-refractivity contribution >= 4 is 5.91 Å². The van der Waals surface area contributed by atoms with Crippen molar-refractivity contribution in [3.8, 4) is 17.3 Å². The van der Waals surface area contributed by atoms with Gasteiger partial charge in [0.2, 0.25) is 5.89 Å². The fourth-order valence-electron chi connectivity index (χ4n) is 4.34. The van der Waals surface area contributed by atoms with Crippen LogP contribution in [0.5, 0.6) is 0 Å². The molecule has 1 aromatic carbocycles. The second-order valence-corrected chi connectivity index (χ2v) is 9.36. The van der Waals surface area contributed by atoms with Crippen molar-refractivity contribution in [3.63, 3.8) is 0 Å². The van der Waals surface area contributed by atoms with E-state index in [1.807, 2.05) is 35.0 Å². The maximum absolute atomic E-state index is 12.8. The lowest BCUT2D eigenvalue weighted by molar-refractivity contribution is 0.0950. The molecule has 176 valence electrons. The van der Waals surface area contributed by atoms with E-state index in [0.29, 0.717) is 41.5 Å². The molecule has 33 heavy (non-hydrogen) atoms. The molecule has 8 heteroatoms. The number of amides is 1. The van der Waals surface area contributed by atoms with Crippen LogP contribution in [-0.4, -0.2) is 57.0 Å². The van der Waals surface area contributed by atoms with Crippen LogP contribution in [-0.2, 0) is 6.42 Å². The SMILES string of the molecule is Cc1nnc(-c2cc(CCC(C)C)n(-c3cccc(C(=O)NCC[C@@H]4CCCN4C)c3)n2)o1. The molecule has 8 nitrogen and oxygen atoms in total. The summed E-state index contributed by atoms with van der Waals surface area (Å²) < 4.78 is 7.48. The van der Waals surface area contributed by atoms with E-state index in [1.165, 1.54) is 12.8 Å². The molecule has 1 N–H and O–H groups in total. The molecule has 1 aliphatic rings. The molecule has 0 spiro atoms. The summed E-state index contributed by atoms with van der Waals surface area (Å²) in [4.78, 5) is 15.2. The van der Waals surface area contributed by atoms with Gasteiger partial charge >= 0.3 is 0 Å². The Bertz CT molecular complexity index is 1090. The zero-order chi connectivity index (χ0) is 23.4. The lowest BCUT2D eigenvalue weighted by Gasteiger charge is -2.19. The molecular weight excluding hydrogens is 416 g/mol. The first-order valence-electron chi connectivity index (χ1n) is 11.9. The van der Waals surface area contributed by atoms with Gasteiger partial charge in [-0.1, -0.05) is 19.9 Å². The monoisotopic (exact) mass is 450 g/mol. The van der Waals surface area contributed by atoms with Crippen LogP contribution in [0.15, 0.2) is 34.7 Å². The minimum absolute atomic E-state index is 0.0545. The lowest BCUT2D eigenvalue weighted by atomic mass is 10.1. The van der Waals surface area contributed by atoms with E-state index in [9.17, 15) is 4.79 Å². The fourth-order valence-corrected chi connectivity index (χ4v) is 4.34. The van der Waals surface area contributed by atoms with Crippen molar-refractivity contribution < 1.29 is 9.21 Å². The number of hydrogen-bond donors (Lipinski definition) is 1. The van der Waals surface area contributed by atoms with E-state index >= 15 is 0 Å². The average molecular weight is 451 g/mol. The second-order valence-electron chi connectivity index (χ2n) is 9.36. The molecule has 0 aliphatic carbocycles. The Morgan fingerprint density at radius 3 is 2.82 bits per heavy atom. The summed E-state index contributed by atoms with van der Waals surface area (Å²) in [6, 6.07) is 10.2. The number of hydrogen-bond acceptors (Lipinski definition) is 6. The van der Waals surface area contributed by atoms with Crippen LogP contribution in [0, 0.1) is 12.8 Å².